The second-order valence-corrected chi connectivity index (χ2v) is 10.0. The first-order chi connectivity index (χ1) is 16.4. The fourth-order valence-corrected chi connectivity index (χ4v) is 6.34. The van der Waals surface area contributed by atoms with E-state index < -0.39 is 29.8 Å². The van der Waals surface area contributed by atoms with Crippen LogP contribution in [0.2, 0.25) is 0 Å². The van der Waals surface area contributed by atoms with Crippen molar-refractivity contribution in [3.8, 4) is 0 Å². The summed E-state index contributed by atoms with van der Waals surface area (Å²) in [7, 11) is 0. The van der Waals surface area contributed by atoms with Gasteiger partial charge in [0, 0.05) is 12.6 Å². The fourth-order valence-electron chi connectivity index (χ4n) is 6.34. The molecule has 6 rings (SSSR count). The molecule has 4 bridgehead atoms. The van der Waals surface area contributed by atoms with Crippen molar-refractivity contribution in [1.82, 2.24) is 14.9 Å². The fraction of sp³-hybridized carbons (Fsp3) is 0.520. The van der Waals surface area contributed by atoms with Crippen molar-refractivity contribution in [3.63, 3.8) is 0 Å². The Morgan fingerprint density at radius 1 is 1.09 bits per heavy atom. The normalized spacial score (nSPS) is 27.7. The molecule has 34 heavy (non-hydrogen) atoms. The van der Waals surface area contributed by atoms with Gasteiger partial charge in [-0.15, -0.1) is 0 Å². The minimum absolute atomic E-state index is 0.0222. The van der Waals surface area contributed by atoms with E-state index in [-0.39, 0.29) is 13.0 Å². The number of aromatic nitrogens is 2. The van der Waals surface area contributed by atoms with Crippen molar-refractivity contribution >= 4 is 18.2 Å². The maximum Gasteiger partial charge on any atom is 0.420 e. The van der Waals surface area contributed by atoms with Crippen molar-refractivity contribution in [2.24, 2.45) is 17.8 Å². The number of hydrogen-bond donors (Lipinski definition) is 2. The maximum atomic E-state index is 13.1. The molecule has 1 amide bonds. The van der Waals surface area contributed by atoms with Crippen molar-refractivity contribution in [2.75, 3.05) is 0 Å². The molecule has 4 aliphatic carbocycles. The molecule has 0 saturated heterocycles. The summed E-state index contributed by atoms with van der Waals surface area (Å²) in [6.07, 6.45) is 7.66. The molecule has 4 aliphatic rings. The number of nitrogens with zero attached hydrogens (tertiary/aromatic N) is 2. The van der Waals surface area contributed by atoms with Gasteiger partial charge in [0.05, 0.1) is 5.69 Å². The zero-order valence-corrected chi connectivity index (χ0v) is 18.9. The molecule has 180 valence electrons. The second kappa shape index (κ2) is 9.12. The van der Waals surface area contributed by atoms with Gasteiger partial charge in [0.25, 0.3) is 0 Å². The third-order valence-electron chi connectivity index (χ3n) is 7.41. The van der Waals surface area contributed by atoms with Crippen molar-refractivity contribution in [3.05, 3.63) is 54.1 Å². The van der Waals surface area contributed by atoms with Crippen LogP contribution in [0.25, 0.3) is 0 Å². The number of hydrogen-bond acceptors (Lipinski definition) is 6. The Morgan fingerprint density at radius 3 is 2.35 bits per heavy atom. The molecule has 0 spiro atoms. The lowest BCUT2D eigenvalue weighted by atomic mass is 9.54. The van der Waals surface area contributed by atoms with Crippen LogP contribution < -0.4 is 5.32 Å². The van der Waals surface area contributed by atoms with Crippen LogP contribution in [0.1, 0.15) is 49.8 Å². The first-order valence-corrected chi connectivity index (χ1v) is 11.8. The Kier molecular flexibility index (Phi) is 6.02. The lowest BCUT2D eigenvalue weighted by Crippen LogP contribution is -2.53. The largest absolute Gasteiger partial charge is 0.480 e. The van der Waals surface area contributed by atoms with Crippen LogP contribution in [0.3, 0.4) is 0 Å². The van der Waals surface area contributed by atoms with E-state index in [4.69, 9.17) is 9.47 Å². The summed E-state index contributed by atoms with van der Waals surface area (Å²) in [5.74, 6) is 0.648. The molecule has 1 aromatic carbocycles. The highest BCUT2D eigenvalue weighted by Crippen LogP contribution is 2.57. The minimum Gasteiger partial charge on any atom is -0.480 e. The minimum atomic E-state index is -1.29. The summed E-state index contributed by atoms with van der Waals surface area (Å²) < 4.78 is 12.5. The van der Waals surface area contributed by atoms with Gasteiger partial charge >= 0.3 is 18.2 Å². The van der Waals surface area contributed by atoms with Crippen LogP contribution in [0.5, 0.6) is 0 Å². The third-order valence-corrected chi connectivity index (χ3v) is 7.41. The lowest BCUT2D eigenvalue weighted by molar-refractivity contribution is -0.139. The number of nitrogens with one attached hydrogen (secondary N) is 1. The molecule has 1 heterocycles. The number of rotatable bonds is 7. The molecule has 1 unspecified atom stereocenters. The lowest BCUT2D eigenvalue weighted by Gasteiger charge is -2.55. The Labute approximate surface area is 197 Å². The number of carbonyl (C=O) groups excluding carboxylic acids is 2. The molecule has 1 atom stereocenters. The maximum absolute atomic E-state index is 13.1. The predicted octanol–water partition coefficient (Wildman–Crippen LogP) is 3.76. The van der Waals surface area contributed by atoms with Gasteiger partial charge in [-0.25, -0.2) is 23.9 Å². The summed E-state index contributed by atoms with van der Waals surface area (Å²) in [6.45, 7) is 0.0222. The number of carboxylic acids is 1. The number of ether oxygens (including phenoxy) is 2. The van der Waals surface area contributed by atoms with E-state index in [1.807, 2.05) is 18.2 Å². The molecule has 4 fully saturated rings. The number of benzene rings is 1. The highest BCUT2D eigenvalue weighted by atomic mass is 16.6. The molecular weight excluding hydrogens is 438 g/mol. The van der Waals surface area contributed by atoms with Crippen LogP contribution >= 0.6 is 0 Å². The van der Waals surface area contributed by atoms with Crippen molar-refractivity contribution in [2.45, 2.75) is 63.2 Å². The van der Waals surface area contributed by atoms with Gasteiger partial charge in [-0.3, -0.25) is 0 Å². The van der Waals surface area contributed by atoms with E-state index in [2.05, 4.69) is 10.3 Å². The average molecular weight is 468 g/mol. The summed E-state index contributed by atoms with van der Waals surface area (Å²) in [5.41, 5.74) is 0.722. The Hall–Kier alpha value is -3.36. The standard InChI is InChI=1S/C25H29N3O6/c29-22(30)21(27-23(31)33-14-16-4-2-1-3-5-16)9-20-13-26-15-28(20)24(32)34-25-10-17-6-18(11-25)8-19(7-17)12-25/h1-5,13,15,17-19,21H,6-12,14H2,(H,27,31)(H,29,30). The van der Waals surface area contributed by atoms with E-state index in [0.717, 1.165) is 24.8 Å². The number of imidazole rings is 1. The van der Waals surface area contributed by atoms with Gasteiger partial charge in [-0.1, -0.05) is 30.3 Å². The van der Waals surface area contributed by atoms with E-state index in [1.165, 1.54) is 36.4 Å². The Balaban J connectivity index is 1.21. The topological polar surface area (TPSA) is 120 Å². The average Bonchev–Trinajstić information content (AvgIpc) is 3.25. The molecule has 2 N–H and O–H groups in total. The van der Waals surface area contributed by atoms with Gasteiger partial charge in [0.15, 0.2) is 0 Å². The van der Waals surface area contributed by atoms with Crippen LogP contribution in [0.4, 0.5) is 9.59 Å². The molecule has 2 aromatic rings. The highest BCUT2D eigenvalue weighted by Gasteiger charge is 2.53. The number of carbonyl (C=O) groups is 3. The van der Waals surface area contributed by atoms with E-state index >= 15 is 0 Å². The summed E-state index contributed by atoms with van der Waals surface area (Å²) in [4.78, 5) is 41.1. The van der Waals surface area contributed by atoms with Gasteiger partial charge in [0.2, 0.25) is 0 Å². The highest BCUT2D eigenvalue weighted by molar-refractivity contribution is 5.80. The van der Waals surface area contributed by atoms with Gasteiger partial charge in [-0.05, 0) is 61.8 Å². The van der Waals surface area contributed by atoms with E-state index in [1.54, 1.807) is 12.1 Å². The number of carboxylic acid groups (broad SMARTS) is 1. The number of amides is 1. The predicted molar refractivity (Wildman–Crippen MR) is 120 cm³/mol. The van der Waals surface area contributed by atoms with E-state index in [9.17, 15) is 19.5 Å². The van der Waals surface area contributed by atoms with Crippen molar-refractivity contribution in [1.29, 1.82) is 0 Å². The summed E-state index contributed by atoms with van der Waals surface area (Å²) in [5, 5.41) is 12.0. The SMILES string of the molecule is O=C(NC(Cc1cncn1C(=O)OC12CC3CC(CC(C3)C1)C2)C(=O)O)OCc1ccccc1. The first kappa shape index (κ1) is 22.4. The Morgan fingerprint density at radius 2 is 1.74 bits per heavy atom. The van der Waals surface area contributed by atoms with Gasteiger partial charge in [-0.2, -0.15) is 0 Å². The monoisotopic (exact) mass is 467 g/mol. The molecule has 0 aliphatic heterocycles. The quantitative estimate of drug-likeness (QED) is 0.636. The Bertz CT molecular complexity index is 1030. The second-order valence-electron chi connectivity index (χ2n) is 10.0. The van der Waals surface area contributed by atoms with Gasteiger partial charge < -0.3 is 19.9 Å². The van der Waals surface area contributed by atoms with Crippen LogP contribution in [0.15, 0.2) is 42.9 Å². The first-order valence-electron chi connectivity index (χ1n) is 11.8. The summed E-state index contributed by atoms with van der Waals surface area (Å²) in [6, 6.07) is 7.81. The van der Waals surface area contributed by atoms with Crippen LogP contribution in [-0.2, 0) is 27.3 Å². The zero-order valence-electron chi connectivity index (χ0n) is 18.9. The van der Waals surface area contributed by atoms with Crippen LogP contribution in [0, 0.1) is 17.8 Å². The molecular formula is C25H29N3O6. The van der Waals surface area contributed by atoms with E-state index in [0.29, 0.717) is 23.4 Å². The molecule has 4 saturated carbocycles. The molecule has 1 aromatic heterocycles. The molecule has 0 radical (unpaired) electrons. The third kappa shape index (κ3) is 4.78. The molecule has 9 heteroatoms. The van der Waals surface area contributed by atoms with Crippen molar-refractivity contribution < 1.29 is 29.0 Å². The number of alkyl carbamates (subject to hydrolysis) is 1. The number of aliphatic carboxylic acids is 1. The smallest absolute Gasteiger partial charge is 0.420 e. The van der Waals surface area contributed by atoms with Crippen LogP contribution in [-0.4, -0.2) is 44.5 Å². The molecule has 9 nitrogen and oxygen atoms in total. The zero-order chi connectivity index (χ0) is 23.7. The summed E-state index contributed by atoms with van der Waals surface area (Å²) >= 11 is 0. The van der Waals surface area contributed by atoms with Gasteiger partial charge in [0.1, 0.15) is 24.6 Å².